The summed E-state index contributed by atoms with van der Waals surface area (Å²) >= 11 is -0.140. The maximum atomic E-state index is 12.3. The summed E-state index contributed by atoms with van der Waals surface area (Å²) in [6.45, 7) is 1.82. The van der Waals surface area contributed by atoms with Crippen LogP contribution in [0.1, 0.15) is 5.56 Å². The molecule has 2 aromatic heterocycles. The van der Waals surface area contributed by atoms with E-state index in [0.717, 1.165) is 15.2 Å². The predicted octanol–water partition coefficient (Wildman–Crippen LogP) is 0.852. The minimum atomic E-state index is -0.310. The second kappa shape index (κ2) is 4.08. The quantitative estimate of drug-likeness (QED) is 0.677. The Morgan fingerprint density at radius 2 is 2.11 bits per heavy atom. The summed E-state index contributed by atoms with van der Waals surface area (Å²) < 4.78 is 2.65. The third kappa shape index (κ3) is 1.66. The number of nitrogens with zero attached hydrogens (tertiary/aromatic N) is 3. The van der Waals surface area contributed by atoms with Gasteiger partial charge in [0.25, 0.3) is 0 Å². The van der Waals surface area contributed by atoms with Crippen molar-refractivity contribution in [1.29, 1.82) is 0 Å². The standard InChI is InChI=1S/C12H9N3O2Se/c1-7-6-13-12(17)14-10(7)15-11(16)8-4-2-3-5-9(8)18-15/h2-6H,1H3,(H,13,14,17). The summed E-state index contributed by atoms with van der Waals surface area (Å²) in [5, 5.41) is 10.1. The van der Waals surface area contributed by atoms with E-state index in [2.05, 4.69) is 9.97 Å². The minimum absolute atomic E-state index is 0.0631. The van der Waals surface area contributed by atoms with Crippen LogP contribution in [-0.2, 0) is 0 Å². The fraction of sp³-hybridized carbons (Fsp3) is 0.0833. The van der Waals surface area contributed by atoms with Gasteiger partial charge >= 0.3 is 108 Å². The topological polar surface area (TPSA) is 68.0 Å². The van der Waals surface area contributed by atoms with Gasteiger partial charge in [-0.1, -0.05) is 0 Å². The van der Waals surface area contributed by atoms with E-state index in [-0.39, 0.29) is 26.3 Å². The fourth-order valence-corrected chi connectivity index (χ4v) is 3.93. The molecule has 5 nitrogen and oxygen atoms in total. The SMILES string of the molecule is Cc1cnc(O)nc1-n1[se]c2ccccc2c1=O. The first-order valence-corrected chi connectivity index (χ1v) is 6.93. The summed E-state index contributed by atoms with van der Waals surface area (Å²) in [5.41, 5.74) is 0.711. The molecule has 0 radical (unpaired) electrons. The van der Waals surface area contributed by atoms with Gasteiger partial charge in [-0.05, 0) is 0 Å². The third-order valence-corrected chi connectivity index (χ3v) is 4.87. The van der Waals surface area contributed by atoms with Crippen LogP contribution in [0.3, 0.4) is 0 Å². The molecule has 0 saturated carbocycles. The van der Waals surface area contributed by atoms with Crippen LogP contribution in [0.2, 0.25) is 0 Å². The predicted molar refractivity (Wildman–Crippen MR) is 68.5 cm³/mol. The van der Waals surface area contributed by atoms with Crippen molar-refractivity contribution in [2.75, 3.05) is 0 Å². The van der Waals surface area contributed by atoms with Crippen LogP contribution in [0.15, 0.2) is 35.3 Å². The van der Waals surface area contributed by atoms with Crippen molar-refractivity contribution in [2.24, 2.45) is 0 Å². The molecule has 3 aromatic rings. The fourth-order valence-electron chi connectivity index (χ4n) is 1.74. The molecule has 0 bridgehead atoms. The summed E-state index contributed by atoms with van der Waals surface area (Å²) in [6, 6.07) is 7.22. The van der Waals surface area contributed by atoms with Crippen molar-refractivity contribution >= 4 is 24.4 Å². The molecule has 0 amide bonds. The van der Waals surface area contributed by atoms with Crippen LogP contribution in [0.4, 0.5) is 0 Å². The zero-order chi connectivity index (χ0) is 12.7. The average Bonchev–Trinajstić information content (AvgIpc) is 2.71. The molecule has 0 atom stereocenters. The Morgan fingerprint density at radius 1 is 1.33 bits per heavy atom. The molecule has 18 heavy (non-hydrogen) atoms. The zero-order valence-electron chi connectivity index (χ0n) is 9.49. The van der Waals surface area contributed by atoms with Crippen LogP contribution in [0.5, 0.6) is 6.01 Å². The molecular formula is C12H9N3O2Se. The van der Waals surface area contributed by atoms with Crippen molar-refractivity contribution < 1.29 is 5.11 Å². The molecular weight excluding hydrogens is 297 g/mol. The van der Waals surface area contributed by atoms with Crippen LogP contribution >= 0.6 is 0 Å². The Bertz CT molecular complexity index is 791. The third-order valence-electron chi connectivity index (χ3n) is 2.62. The van der Waals surface area contributed by atoms with Gasteiger partial charge in [-0.15, -0.1) is 0 Å². The van der Waals surface area contributed by atoms with Gasteiger partial charge in [-0.2, -0.15) is 0 Å². The second-order valence-corrected chi connectivity index (χ2v) is 5.94. The van der Waals surface area contributed by atoms with Crippen LogP contribution in [0, 0.1) is 6.92 Å². The number of hydrogen-bond donors (Lipinski definition) is 1. The van der Waals surface area contributed by atoms with E-state index in [1.54, 1.807) is 3.56 Å². The summed E-state index contributed by atoms with van der Waals surface area (Å²) in [5.74, 6) is 0.490. The van der Waals surface area contributed by atoms with E-state index in [9.17, 15) is 9.90 Å². The van der Waals surface area contributed by atoms with Gasteiger partial charge in [-0.25, -0.2) is 0 Å². The molecule has 0 saturated heterocycles. The molecule has 0 aliphatic carbocycles. The van der Waals surface area contributed by atoms with Gasteiger partial charge in [0.05, 0.1) is 0 Å². The molecule has 0 unspecified atom stereocenters. The Kier molecular flexibility index (Phi) is 2.54. The van der Waals surface area contributed by atoms with E-state index in [4.69, 9.17) is 0 Å². The maximum absolute atomic E-state index is 12.3. The molecule has 1 N–H and O–H groups in total. The second-order valence-electron chi connectivity index (χ2n) is 3.86. The monoisotopic (exact) mass is 307 g/mol. The van der Waals surface area contributed by atoms with Gasteiger partial charge in [0.2, 0.25) is 0 Å². The average molecular weight is 306 g/mol. The molecule has 0 fully saturated rings. The van der Waals surface area contributed by atoms with Crippen molar-refractivity contribution in [3.63, 3.8) is 0 Å². The Hall–Kier alpha value is -1.91. The first kappa shape index (κ1) is 11.2. The van der Waals surface area contributed by atoms with Gasteiger partial charge in [-0.3, -0.25) is 0 Å². The Balaban J connectivity index is 2.35. The molecule has 0 spiro atoms. The van der Waals surface area contributed by atoms with Crippen LogP contribution in [-0.4, -0.2) is 33.4 Å². The molecule has 2 heterocycles. The van der Waals surface area contributed by atoms with Crippen LogP contribution < -0.4 is 5.56 Å². The van der Waals surface area contributed by atoms with Gasteiger partial charge in [0.1, 0.15) is 0 Å². The van der Waals surface area contributed by atoms with Gasteiger partial charge < -0.3 is 0 Å². The zero-order valence-corrected chi connectivity index (χ0v) is 11.2. The summed E-state index contributed by atoms with van der Waals surface area (Å²) in [6.07, 6.45) is 1.52. The number of fused-ring (bicyclic) bond motifs is 1. The van der Waals surface area contributed by atoms with E-state index in [1.807, 2.05) is 31.2 Å². The molecule has 3 rings (SSSR count). The van der Waals surface area contributed by atoms with E-state index in [0.29, 0.717) is 5.82 Å². The van der Waals surface area contributed by atoms with E-state index >= 15 is 0 Å². The van der Waals surface area contributed by atoms with Gasteiger partial charge in [0.15, 0.2) is 0 Å². The first-order valence-electron chi connectivity index (χ1n) is 5.31. The van der Waals surface area contributed by atoms with Crippen molar-refractivity contribution in [2.45, 2.75) is 6.92 Å². The van der Waals surface area contributed by atoms with Crippen molar-refractivity contribution in [3.05, 3.63) is 46.4 Å². The number of hydrogen-bond acceptors (Lipinski definition) is 4. The number of benzene rings is 1. The summed E-state index contributed by atoms with van der Waals surface area (Å²) in [7, 11) is 0. The summed E-state index contributed by atoms with van der Waals surface area (Å²) in [4.78, 5) is 19.9. The van der Waals surface area contributed by atoms with E-state index < -0.39 is 0 Å². The number of aromatic hydroxyl groups is 1. The molecule has 1 aromatic carbocycles. The van der Waals surface area contributed by atoms with E-state index in [1.165, 1.54) is 6.20 Å². The van der Waals surface area contributed by atoms with Crippen molar-refractivity contribution in [1.82, 2.24) is 13.5 Å². The molecule has 0 aliphatic heterocycles. The first-order chi connectivity index (χ1) is 8.66. The molecule has 90 valence electrons. The van der Waals surface area contributed by atoms with Crippen LogP contribution in [0.25, 0.3) is 15.5 Å². The van der Waals surface area contributed by atoms with Crippen molar-refractivity contribution in [3.8, 4) is 11.8 Å². The number of aromatic nitrogens is 3. The molecule has 0 aliphatic rings. The molecule has 6 heteroatoms. The normalized spacial score (nSPS) is 10.9. The Labute approximate surface area is 108 Å². The number of rotatable bonds is 1. The Morgan fingerprint density at radius 3 is 2.89 bits per heavy atom. The number of aryl methyl sites for hydroxylation is 1. The van der Waals surface area contributed by atoms with Gasteiger partial charge in [0, 0.05) is 0 Å².